The molecule has 0 unspecified atom stereocenters. The van der Waals surface area contributed by atoms with Gasteiger partial charge in [-0.3, -0.25) is 29.0 Å². The van der Waals surface area contributed by atoms with Gasteiger partial charge in [-0.2, -0.15) is 0 Å². The summed E-state index contributed by atoms with van der Waals surface area (Å²) in [6.07, 6.45) is 1.09. The van der Waals surface area contributed by atoms with Crippen LogP contribution in [0.15, 0.2) is 97.1 Å². The van der Waals surface area contributed by atoms with Gasteiger partial charge in [0.15, 0.2) is 0 Å². The van der Waals surface area contributed by atoms with Gasteiger partial charge in [0.1, 0.15) is 9.74 Å². The van der Waals surface area contributed by atoms with Crippen LogP contribution in [0.25, 0.3) is 0 Å². The van der Waals surface area contributed by atoms with Crippen LogP contribution in [0.1, 0.15) is 60.1 Å². The van der Waals surface area contributed by atoms with E-state index in [4.69, 9.17) is 0 Å². The van der Waals surface area contributed by atoms with Crippen LogP contribution < -0.4 is 9.80 Å². The van der Waals surface area contributed by atoms with E-state index in [1.165, 1.54) is 23.5 Å². The molecule has 4 aromatic rings. The van der Waals surface area contributed by atoms with Gasteiger partial charge in [0, 0.05) is 11.4 Å². The van der Waals surface area contributed by atoms with Gasteiger partial charge in [-0.15, -0.1) is 23.5 Å². The first kappa shape index (κ1) is 35.3. The molecule has 2 saturated heterocycles. The molecule has 2 amide bonds. The van der Waals surface area contributed by atoms with E-state index in [1.807, 2.05) is 100 Å². The maximum Gasteiger partial charge on any atom is 0.305 e. The molecular formula is C40H40N2O6S2. The lowest BCUT2D eigenvalue weighted by Crippen LogP contribution is -2.41. The first-order valence-electron chi connectivity index (χ1n) is 16.6. The van der Waals surface area contributed by atoms with Crippen LogP contribution in [-0.2, 0) is 41.8 Å². The number of hydrogen-bond acceptors (Lipinski definition) is 6. The highest BCUT2D eigenvalue weighted by Crippen LogP contribution is 2.53. The maximum absolute atomic E-state index is 13.5. The summed E-state index contributed by atoms with van der Waals surface area (Å²) in [5.41, 5.74) is 7.74. The third-order valence-corrected chi connectivity index (χ3v) is 12.6. The number of benzene rings is 4. The number of carbonyl (C=O) groups is 4. The van der Waals surface area contributed by atoms with Crippen molar-refractivity contribution < 1.29 is 29.4 Å². The largest absolute Gasteiger partial charge is 0.481 e. The van der Waals surface area contributed by atoms with E-state index >= 15 is 0 Å². The Labute approximate surface area is 300 Å². The van der Waals surface area contributed by atoms with Crippen LogP contribution >= 0.6 is 23.5 Å². The Morgan fingerprint density at radius 2 is 0.900 bits per heavy atom. The zero-order valence-corrected chi connectivity index (χ0v) is 30.1. The lowest BCUT2D eigenvalue weighted by atomic mass is 9.98. The number of carboxylic acids is 2. The number of amides is 2. The zero-order valence-electron chi connectivity index (χ0n) is 28.5. The average Bonchev–Trinajstić information content (AvgIpc) is 3.48. The lowest BCUT2D eigenvalue weighted by molar-refractivity contribution is -0.138. The molecule has 0 bridgehead atoms. The Bertz CT molecular complexity index is 1770. The summed E-state index contributed by atoms with van der Waals surface area (Å²) in [5.74, 6) is -2.40. The van der Waals surface area contributed by atoms with E-state index in [9.17, 15) is 29.4 Å². The molecule has 10 heteroatoms. The lowest BCUT2D eigenvalue weighted by Gasteiger charge is -2.35. The number of anilines is 2. The van der Waals surface area contributed by atoms with Crippen LogP contribution in [0.3, 0.4) is 0 Å². The van der Waals surface area contributed by atoms with Crippen molar-refractivity contribution in [3.63, 3.8) is 0 Å². The second-order valence-corrected chi connectivity index (χ2v) is 16.5. The predicted molar refractivity (Wildman–Crippen MR) is 200 cm³/mol. The number of aryl methyl sites for hydroxylation is 4. The monoisotopic (exact) mass is 708 g/mol. The van der Waals surface area contributed by atoms with Crippen LogP contribution in [-0.4, -0.2) is 44.5 Å². The van der Waals surface area contributed by atoms with Gasteiger partial charge in [-0.1, -0.05) is 83.9 Å². The molecular weight excluding hydrogens is 669 g/mol. The fraction of sp³-hybridized carbons (Fsp3) is 0.300. The van der Waals surface area contributed by atoms with Crippen molar-refractivity contribution in [2.24, 2.45) is 0 Å². The number of rotatable bonds is 11. The molecule has 4 aromatic carbocycles. The van der Waals surface area contributed by atoms with Crippen molar-refractivity contribution in [3.05, 3.63) is 130 Å². The summed E-state index contributed by atoms with van der Waals surface area (Å²) in [6.45, 7) is 7.93. The van der Waals surface area contributed by atoms with Gasteiger partial charge in [-0.25, -0.2) is 0 Å². The van der Waals surface area contributed by atoms with Gasteiger partial charge in [-0.05, 0) is 87.1 Å². The van der Waals surface area contributed by atoms with Crippen LogP contribution in [0.4, 0.5) is 11.4 Å². The Morgan fingerprint density at radius 3 is 1.20 bits per heavy atom. The standard InChI is InChI=1S/C40H40N2O6S2/c1-25-5-19-31(20-6-25)41-37(47)33(23-35(43)44)49-39(41,3)29-15-11-27(12-16-29)9-10-28-13-17-30(18-14-28)40(4)42(32-21-7-26(2)8-22-32)38(48)34(50-40)24-36(45)46/h5-8,11-22,33-34H,9-10,23-24H2,1-4H3,(H,43,44)(H,45,46)/t33-,34-,39-,40-/m0/s1. The van der Waals surface area contributed by atoms with Gasteiger partial charge < -0.3 is 10.2 Å². The molecule has 0 aromatic heterocycles. The number of carbonyl (C=O) groups excluding carboxylic acids is 2. The molecule has 2 aliphatic rings. The molecule has 2 heterocycles. The third-order valence-electron chi connectivity index (χ3n) is 9.57. The second kappa shape index (κ2) is 14.0. The second-order valence-electron chi connectivity index (χ2n) is 13.3. The van der Waals surface area contributed by atoms with E-state index < -0.39 is 32.2 Å². The summed E-state index contributed by atoms with van der Waals surface area (Å²) in [4.78, 5) is 52.2. The first-order chi connectivity index (χ1) is 23.8. The molecule has 2 fully saturated rings. The Morgan fingerprint density at radius 1 is 0.580 bits per heavy atom. The zero-order chi connectivity index (χ0) is 35.8. The highest BCUT2D eigenvalue weighted by Gasteiger charge is 2.52. The summed E-state index contributed by atoms with van der Waals surface area (Å²) < 4.78 is 0. The number of thioether (sulfide) groups is 2. The van der Waals surface area contributed by atoms with Crippen LogP contribution in [0, 0.1) is 13.8 Å². The van der Waals surface area contributed by atoms with Gasteiger partial charge in [0.05, 0.1) is 23.3 Å². The van der Waals surface area contributed by atoms with Crippen molar-refractivity contribution in [2.45, 2.75) is 73.6 Å². The van der Waals surface area contributed by atoms with Crippen molar-refractivity contribution in [2.75, 3.05) is 9.80 Å². The van der Waals surface area contributed by atoms with Crippen LogP contribution in [0.5, 0.6) is 0 Å². The third kappa shape index (κ3) is 6.91. The molecule has 4 atom stereocenters. The summed E-state index contributed by atoms with van der Waals surface area (Å²) in [5, 5.41) is 17.6. The van der Waals surface area contributed by atoms with E-state index in [2.05, 4.69) is 24.3 Å². The van der Waals surface area contributed by atoms with E-state index in [0.29, 0.717) is 0 Å². The molecule has 2 aliphatic heterocycles. The van der Waals surface area contributed by atoms with E-state index in [0.717, 1.165) is 57.6 Å². The molecule has 6 rings (SSSR count). The first-order valence-corrected chi connectivity index (χ1v) is 18.3. The molecule has 0 saturated carbocycles. The van der Waals surface area contributed by atoms with Gasteiger partial charge in [0.25, 0.3) is 0 Å². The molecule has 0 spiro atoms. The molecule has 50 heavy (non-hydrogen) atoms. The number of aliphatic carboxylic acids is 2. The summed E-state index contributed by atoms with van der Waals surface area (Å²) >= 11 is 2.76. The van der Waals surface area contributed by atoms with Crippen molar-refractivity contribution >= 4 is 58.7 Å². The smallest absolute Gasteiger partial charge is 0.305 e. The van der Waals surface area contributed by atoms with Crippen molar-refractivity contribution in [3.8, 4) is 0 Å². The minimum absolute atomic E-state index is 0.204. The number of nitrogens with zero attached hydrogens (tertiary/aromatic N) is 2. The summed E-state index contributed by atoms with van der Waals surface area (Å²) in [6, 6.07) is 31.9. The average molecular weight is 709 g/mol. The molecule has 258 valence electrons. The normalized spacial score (nSPS) is 23.4. The van der Waals surface area contributed by atoms with Crippen molar-refractivity contribution in [1.82, 2.24) is 0 Å². The fourth-order valence-electron chi connectivity index (χ4n) is 6.82. The van der Waals surface area contributed by atoms with E-state index in [1.54, 1.807) is 9.80 Å². The van der Waals surface area contributed by atoms with Crippen molar-refractivity contribution in [1.29, 1.82) is 0 Å². The minimum atomic E-state index is -0.997. The van der Waals surface area contributed by atoms with Crippen LogP contribution in [0.2, 0.25) is 0 Å². The molecule has 2 N–H and O–H groups in total. The number of carboxylic acid groups (broad SMARTS) is 2. The Hall–Kier alpha value is -4.54. The molecule has 0 radical (unpaired) electrons. The van der Waals surface area contributed by atoms with Gasteiger partial charge in [0.2, 0.25) is 11.8 Å². The van der Waals surface area contributed by atoms with Gasteiger partial charge >= 0.3 is 11.9 Å². The molecule has 0 aliphatic carbocycles. The number of hydrogen-bond donors (Lipinski definition) is 2. The highest BCUT2D eigenvalue weighted by molar-refractivity contribution is 8.02. The Kier molecular flexibility index (Phi) is 9.88. The minimum Gasteiger partial charge on any atom is -0.481 e. The van der Waals surface area contributed by atoms with E-state index in [-0.39, 0.29) is 24.7 Å². The fourth-order valence-corrected chi connectivity index (χ4v) is 9.94. The topological polar surface area (TPSA) is 115 Å². The SMILES string of the molecule is Cc1ccc(N2C(=O)[C@H](CC(=O)O)S[C@@]2(C)c2ccc(CCc3ccc([C@]4(C)S[C@@H](CC(=O)O)C(=O)N4c4ccc(C)cc4)cc3)cc2)cc1. The quantitative estimate of drug-likeness (QED) is 0.163. The predicted octanol–water partition coefficient (Wildman–Crippen LogP) is 7.68. The summed E-state index contributed by atoms with van der Waals surface area (Å²) in [7, 11) is 0. The molecule has 8 nitrogen and oxygen atoms in total. The Balaban J connectivity index is 1.18. The maximum atomic E-state index is 13.5. The highest BCUT2D eigenvalue weighted by atomic mass is 32.2.